The second-order valence-corrected chi connectivity index (χ2v) is 2.98. The summed E-state index contributed by atoms with van der Waals surface area (Å²) in [7, 11) is 0. The predicted molar refractivity (Wildman–Crippen MR) is 46.5 cm³/mol. The third-order valence-electron chi connectivity index (χ3n) is 1.96. The highest BCUT2D eigenvalue weighted by Gasteiger charge is 2.10. The Hall–Kier alpha value is -0.960. The Morgan fingerprint density at radius 1 is 1.31 bits per heavy atom. The third kappa shape index (κ3) is 2.25. The van der Waals surface area contributed by atoms with Crippen molar-refractivity contribution in [2.24, 2.45) is 0 Å². The molecule has 0 saturated heterocycles. The van der Waals surface area contributed by atoms with E-state index in [2.05, 4.69) is 0 Å². The molecular weight excluding hydrogens is 174 g/mol. The summed E-state index contributed by atoms with van der Waals surface area (Å²) in [6, 6.07) is 2.66. The first-order valence-corrected chi connectivity index (χ1v) is 4.21. The van der Waals surface area contributed by atoms with E-state index in [9.17, 15) is 8.78 Å². The van der Waals surface area contributed by atoms with Crippen LogP contribution < -0.4 is 0 Å². The first-order chi connectivity index (χ1) is 6.16. The minimum absolute atomic E-state index is 0.0488. The van der Waals surface area contributed by atoms with Crippen LogP contribution in [-0.2, 0) is 6.42 Å². The lowest BCUT2D eigenvalue weighted by Gasteiger charge is -2.05. The standard InChI is InChI=1S/C10H12F2O/c1-7-4-5-9(11)8(10(7)12)3-2-6-13/h4-5,13H,2-3,6H2,1H3. The lowest BCUT2D eigenvalue weighted by atomic mass is 10.1. The van der Waals surface area contributed by atoms with Gasteiger partial charge in [0, 0.05) is 12.2 Å². The van der Waals surface area contributed by atoms with Gasteiger partial charge in [-0.15, -0.1) is 0 Å². The van der Waals surface area contributed by atoms with Crippen LogP contribution in [0.3, 0.4) is 0 Å². The van der Waals surface area contributed by atoms with E-state index in [1.165, 1.54) is 12.1 Å². The van der Waals surface area contributed by atoms with Gasteiger partial charge < -0.3 is 5.11 Å². The van der Waals surface area contributed by atoms with E-state index in [1.807, 2.05) is 0 Å². The molecular formula is C10H12F2O. The maximum atomic E-state index is 13.3. The van der Waals surface area contributed by atoms with Crippen molar-refractivity contribution in [1.29, 1.82) is 0 Å². The zero-order valence-corrected chi connectivity index (χ0v) is 7.48. The Bertz CT molecular complexity index is 297. The molecule has 13 heavy (non-hydrogen) atoms. The molecule has 0 heterocycles. The zero-order valence-electron chi connectivity index (χ0n) is 7.48. The number of rotatable bonds is 3. The van der Waals surface area contributed by atoms with Gasteiger partial charge in [0.1, 0.15) is 11.6 Å². The summed E-state index contributed by atoms with van der Waals surface area (Å²) in [6.45, 7) is 1.55. The van der Waals surface area contributed by atoms with Crippen LogP contribution in [0.1, 0.15) is 17.5 Å². The average Bonchev–Trinajstić information content (AvgIpc) is 2.12. The lowest BCUT2D eigenvalue weighted by Crippen LogP contribution is -1.99. The highest BCUT2D eigenvalue weighted by atomic mass is 19.1. The summed E-state index contributed by atoms with van der Waals surface area (Å²) in [5.74, 6) is -1.02. The van der Waals surface area contributed by atoms with Crippen LogP contribution >= 0.6 is 0 Å². The first-order valence-electron chi connectivity index (χ1n) is 4.21. The van der Waals surface area contributed by atoms with Gasteiger partial charge in [-0.25, -0.2) is 8.78 Å². The minimum atomic E-state index is -0.531. The van der Waals surface area contributed by atoms with Gasteiger partial charge in [-0.05, 0) is 31.4 Å². The number of aryl methyl sites for hydroxylation is 1. The Morgan fingerprint density at radius 3 is 2.62 bits per heavy atom. The van der Waals surface area contributed by atoms with Crippen molar-refractivity contribution in [2.45, 2.75) is 19.8 Å². The number of benzene rings is 1. The van der Waals surface area contributed by atoms with Gasteiger partial charge in [-0.1, -0.05) is 6.07 Å². The molecule has 1 nitrogen and oxygen atoms in total. The second-order valence-electron chi connectivity index (χ2n) is 2.98. The van der Waals surface area contributed by atoms with E-state index in [0.717, 1.165) is 0 Å². The number of halogens is 2. The van der Waals surface area contributed by atoms with Crippen molar-refractivity contribution in [3.05, 3.63) is 34.9 Å². The molecule has 1 aromatic rings. The summed E-state index contributed by atoms with van der Waals surface area (Å²) in [5, 5.41) is 8.53. The first kappa shape index (κ1) is 10.1. The summed E-state index contributed by atoms with van der Waals surface area (Å²) in [6.07, 6.45) is 0.632. The molecule has 0 aromatic heterocycles. The van der Waals surface area contributed by atoms with Crippen LogP contribution in [-0.4, -0.2) is 11.7 Å². The van der Waals surface area contributed by atoms with Crippen LogP contribution in [0.4, 0.5) is 8.78 Å². The fourth-order valence-corrected chi connectivity index (χ4v) is 1.20. The molecule has 3 heteroatoms. The van der Waals surface area contributed by atoms with E-state index in [0.29, 0.717) is 12.0 Å². The molecule has 0 saturated carbocycles. The molecule has 0 spiro atoms. The topological polar surface area (TPSA) is 20.2 Å². The molecule has 0 fully saturated rings. The normalized spacial score (nSPS) is 10.5. The number of hydrogen-bond donors (Lipinski definition) is 1. The van der Waals surface area contributed by atoms with Crippen molar-refractivity contribution in [3.8, 4) is 0 Å². The summed E-state index contributed by atoms with van der Waals surface area (Å²) >= 11 is 0. The molecule has 1 aromatic carbocycles. The van der Waals surface area contributed by atoms with Crippen LogP contribution in [0.15, 0.2) is 12.1 Å². The van der Waals surface area contributed by atoms with Gasteiger partial charge >= 0.3 is 0 Å². The molecule has 0 bridgehead atoms. The summed E-state index contributed by atoms with van der Waals surface area (Å²) in [4.78, 5) is 0. The van der Waals surface area contributed by atoms with E-state index in [4.69, 9.17) is 5.11 Å². The largest absolute Gasteiger partial charge is 0.396 e. The van der Waals surface area contributed by atoms with Crippen molar-refractivity contribution >= 4 is 0 Å². The van der Waals surface area contributed by atoms with Gasteiger partial charge in [0.15, 0.2) is 0 Å². The van der Waals surface area contributed by atoms with E-state index < -0.39 is 11.6 Å². The Balaban J connectivity index is 2.96. The minimum Gasteiger partial charge on any atom is -0.396 e. The lowest BCUT2D eigenvalue weighted by molar-refractivity contribution is 0.287. The Kier molecular flexibility index (Phi) is 3.37. The van der Waals surface area contributed by atoms with Gasteiger partial charge in [0.25, 0.3) is 0 Å². The van der Waals surface area contributed by atoms with Crippen LogP contribution in [0.5, 0.6) is 0 Å². The summed E-state index contributed by atoms with van der Waals surface area (Å²) < 4.78 is 26.3. The molecule has 0 aliphatic heterocycles. The van der Waals surface area contributed by atoms with Gasteiger partial charge in [-0.2, -0.15) is 0 Å². The number of hydrogen-bond acceptors (Lipinski definition) is 1. The predicted octanol–water partition coefficient (Wildman–Crippen LogP) is 2.20. The van der Waals surface area contributed by atoms with Crippen molar-refractivity contribution < 1.29 is 13.9 Å². The molecule has 72 valence electrons. The molecule has 0 atom stereocenters. The van der Waals surface area contributed by atoms with Gasteiger partial charge in [0.05, 0.1) is 0 Å². The Morgan fingerprint density at radius 2 is 2.00 bits per heavy atom. The SMILES string of the molecule is Cc1ccc(F)c(CCCO)c1F. The van der Waals surface area contributed by atoms with Crippen molar-refractivity contribution in [3.63, 3.8) is 0 Å². The highest BCUT2D eigenvalue weighted by molar-refractivity contribution is 5.26. The third-order valence-corrected chi connectivity index (χ3v) is 1.96. The van der Waals surface area contributed by atoms with Crippen molar-refractivity contribution in [2.75, 3.05) is 6.61 Å². The average molecular weight is 186 g/mol. The van der Waals surface area contributed by atoms with E-state index >= 15 is 0 Å². The molecule has 0 amide bonds. The maximum absolute atomic E-state index is 13.3. The number of aliphatic hydroxyl groups is 1. The fourth-order valence-electron chi connectivity index (χ4n) is 1.20. The second kappa shape index (κ2) is 4.33. The quantitative estimate of drug-likeness (QED) is 0.767. The highest BCUT2D eigenvalue weighted by Crippen LogP contribution is 2.17. The molecule has 0 aliphatic carbocycles. The molecule has 0 radical (unpaired) electrons. The molecule has 0 aliphatic rings. The monoisotopic (exact) mass is 186 g/mol. The maximum Gasteiger partial charge on any atom is 0.132 e. The van der Waals surface area contributed by atoms with Crippen LogP contribution in [0, 0.1) is 18.6 Å². The van der Waals surface area contributed by atoms with E-state index in [1.54, 1.807) is 6.92 Å². The zero-order chi connectivity index (χ0) is 9.84. The fraction of sp³-hybridized carbons (Fsp3) is 0.400. The Labute approximate surface area is 76.0 Å². The van der Waals surface area contributed by atoms with E-state index in [-0.39, 0.29) is 18.6 Å². The van der Waals surface area contributed by atoms with Gasteiger partial charge in [0.2, 0.25) is 0 Å². The van der Waals surface area contributed by atoms with Crippen LogP contribution in [0.2, 0.25) is 0 Å². The summed E-state index contributed by atoms with van der Waals surface area (Å²) in [5.41, 5.74) is 0.517. The van der Waals surface area contributed by atoms with Crippen LogP contribution in [0.25, 0.3) is 0 Å². The van der Waals surface area contributed by atoms with Gasteiger partial charge in [-0.3, -0.25) is 0 Å². The molecule has 1 rings (SSSR count). The smallest absolute Gasteiger partial charge is 0.132 e. The number of aliphatic hydroxyl groups excluding tert-OH is 1. The molecule has 0 unspecified atom stereocenters. The molecule has 1 N–H and O–H groups in total. The van der Waals surface area contributed by atoms with Crippen molar-refractivity contribution in [1.82, 2.24) is 0 Å².